The first-order valence-corrected chi connectivity index (χ1v) is 12.4. The van der Waals surface area contributed by atoms with Gasteiger partial charge in [0.05, 0.1) is 5.39 Å². The molecule has 1 fully saturated rings. The number of aromatic nitrogens is 4. The number of halogens is 1. The van der Waals surface area contributed by atoms with Crippen molar-refractivity contribution >= 4 is 60.6 Å². The molecule has 0 bridgehead atoms. The Bertz CT molecular complexity index is 1430. The summed E-state index contributed by atoms with van der Waals surface area (Å²) in [4.78, 5) is 16.0. The Labute approximate surface area is 203 Å². The second kappa shape index (κ2) is 7.61. The molecule has 2 unspecified atom stereocenters. The molecule has 0 aliphatic carbocycles. The zero-order chi connectivity index (χ0) is 22.9. The molecule has 33 heavy (non-hydrogen) atoms. The van der Waals surface area contributed by atoms with Crippen LogP contribution in [0.4, 0.5) is 16.5 Å². The maximum Gasteiger partial charge on any atom is 0.167 e. The van der Waals surface area contributed by atoms with E-state index in [1.807, 2.05) is 4.68 Å². The lowest BCUT2D eigenvalue weighted by atomic mass is 10.00. The van der Waals surface area contributed by atoms with Gasteiger partial charge in [-0.2, -0.15) is 5.10 Å². The third-order valence-electron chi connectivity index (χ3n) is 6.14. The van der Waals surface area contributed by atoms with Crippen molar-refractivity contribution in [1.29, 1.82) is 0 Å². The van der Waals surface area contributed by atoms with Crippen molar-refractivity contribution in [3.05, 3.63) is 57.3 Å². The highest BCUT2D eigenvalue weighted by Crippen LogP contribution is 2.52. The van der Waals surface area contributed by atoms with Crippen LogP contribution in [-0.2, 0) is 11.3 Å². The second-order valence-corrected chi connectivity index (χ2v) is 10.2. The molecule has 5 heterocycles. The van der Waals surface area contributed by atoms with Gasteiger partial charge in [0.15, 0.2) is 11.9 Å². The van der Waals surface area contributed by atoms with Crippen LogP contribution in [0.1, 0.15) is 42.6 Å². The fourth-order valence-corrected chi connectivity index (χ4v) is 6.07. The third kappa shape index (κ3) is 3.27. The Morgan fingerprint density at radius 2 is 2.06 bits per heavy atom. The highest BCUT2D eigenvalue weighted by atomic mass is 79.9. The molecule has 0 amide bonds. The van der Waals surface area contributed by atoms with Crippen molar-refractivity contribution in [3.8, 4) is 0 Å². The molecule has 6 rings (SSSR count). The molecule has 1 aromatic carbocycles. The summed E-state index contributed by atoms with van der Waals surface area (Å²) in [7, 11) is 0. The number of anilines is 2. The molecule has 10 heteroatoms. The van der Waals surface area contributed by atoms with E-state index >= 15 is 0 Å². The Balaban J connectivity index is 1.53. The van der Waals surface area contributed by atoms with E-state index in [4.69, 9.17) is 15.5 Å². The summed E-state index contributed by atoms with van der Waals surface area (Å²) in [6.07, 6.45) is 1.36. The van der Waals surface area contributed by atoms with Crippen LogP contribution >= 0.6 is 27.3 Å². The molecule has 2 atom stereocenters. The Morgan fingerprint density at radius 3 is 2.88 bits per heavy atom. The number of para-hydroxylation sites is 1. The molecular weight excluding hydrogens is 502 g/mol. The number of fused-ring (bicyclic) bond motifs is 4. The van der Waals surface area contributed by atoms with Gasteiger partial charge in [-0.25, -0.2) is 19.6 Å². The number of benzene rings is 1. The van der Waals surface area contributed by atoms with Crippen molar-refractivity contribution in [3.63, 3.8) is 0 Å². The Kier molecular flexibility index (Phi) is 4.79. The van der Waals surface area contributed by atoms with Crippen molar-refractivity contribution in [2.45, 2.75) is 45.6 Å². The van der Waals surface area contributed by atoms with E-state index in [0.29, 0.717) is 33.9 Å². The number of thiophene rings is 1. The van der Waals surface area contributed by atoms with E-state index in [0.717, 1.165) is 16.5 Å². The van der Waals surface area contributed by atoms with E-state index in [-0.39, 0.29) is 12.3 Å². The average Bonchev–Trinajstić information content (AvgIpc) is 3.39. The van der Waals surface area contributed by atoms with Crippen LogP contribution in [0.15, 0.2) is 45.6 Å². The highest BCUT2D eigenvalue weighted by molar-refractivity contribution is 9.10. The normalized spacial score (nSPS) is 19.4. The summed E-state index contributed by atoms with van der Waals surface area (Å²) in [5.41, 5.74) is 11.5. The second-order valence-electron chi connectivity index (χ2n) is 8.60. The molecule has 2 N–H and O–H groups in total. The predicted octanol–water partition coefficient (Wildman–Crippen LogP) is 5.31. The van der Waals surface area contributed by atoms with Gasteiger partial charge in [-0.3, -0.25) is 4.90 Å². The number of nitrogens with two attached hydrogens (primary N) is 1. The Hall–Kier alpha value is -2.82. The molecule has 2 aliphatic rings. The van der Waals surface area contributed by atoms with Crippen LogP contribution in [0, 0.1) is 6.92 Å². The SMILES string of the molecule is Cc1csc2c1C1OC1N(c1ccccc1C(C)C)C(Cn1nc(Br)c3c(N)ncnc31)=N2. The van der Waals surface area contributed by atoms with Crippen molar-refractivity contribution < 1.29 is 4.74 Å². The number of rotatable bonds is 4. The van der Waals surface area contributed by atoms with E-state index in [9.17, 15) is 0 Å². The molecule has 8 nitrogen and oxygen atoms in total. The lowest BCUT2D eigenvalue weighted by Gasteiger charge is -2.27. The van der Waals surface area contributed by atoms with Gasteiger partial charge < -0.3 is 10.5 Å². The summed E-state index contributed by atoms with van der Waals surface area (Å²) in [5.74, 6) is 1.60. The number of hydrogen-bond donors (Lipinski definition) is 1. The molecule has 2 aliphatic heterocycles. The topological polar surface area (TPSA) is 97.8 Å². The number of aryl methyl sites for hydroxylation is 1. The molecule has 1 saturated heterocycles. The van der Waals surface area contributed by atoms with Crippen LogP contribution < -0.4 is 10.6 Å². The number of ether oxygens (including phenoxy) is 1. The number of epoxide rings is 1. The first-order chi connectivity index (χ1) is 15.9. The first-order valence-electron chi connectivity index (χ1n) is 10.8. The van der Waals surface area contributed by atoms with Crippen LogP contribution in [-0.4, -0.2) is 31.8 Å². The van der Waals surface area contributed by atoms with Gasteiger partial charge in [0, 0.05) is 11.3 Å². The standard InChI is InChI=1S/C23H22BrN7OS/c1-11(2)13-6-4-5-7-14(13)31-15(28-22-16(12(3)9-33-22)18-23(31)32-18)8-30-21-17(19(24)29-30)20(25)26-10-27-21/h4-7,9-11,18,23H,8H2,1-3H3,(H2,25,26,27). The highest BCUT2D eigenvalue weighted by Gasteiger charge is 2.51. The quantitative estimate of drug-likeness (QED) is 0.364. The summed E-state index contributed by atoms with van der Waals surface area (Å²) >= 11 is 5.17. The van der Waals surface area contributed by atoms with Gasteiger partial charge in [0.2, 0.25) is 0 Å². The van der Waals surface area contributed by atoms with Crippen LogP contribution in [0.25, 0.3) is 11.0 Å². The average molecular weight is 524 g/mol. The van der Waals surface area contributed by atoms with Crippen molar-refractivity contribution in [2.75, 3.05) is 10.6 Å². The van der Waals surface area contributed by atoms with Gasteiger partial charge >= 0.3 is 0 Å². The van der Waals surface area contributed by atoms with Crippen LogP contribution in [0.5, 0.6) is 0 Å². The largest absolute Gasteiger partial charge is 0.383 e. The van der Waals surface area contributed by atoms with Gasteiger partial charge in [-0.05, 0) is 51.3 Å². The molecule has 0 spiro atoms. The summed E-state index contributed by atoms with van der Waals surface area (Å²) in [5, 5.41) is 8.51. The zero-order valence-corrected chi connectivity index (χ0v) is 20.8. The molecule has 0 saturated carbocycles. The zero-order valence-electron chi connectivity index (χ0n) is 18.4. The van der Waals surface area contributed by atoms with Crippen LogP contribution in [0.3, 0.4) is 0 Å². The maximum absolute atomic E-state index is 6.27. The molecule has 0 radical (unpaired) electrons. The lowest BCUT2D eigenvalue weighted by molar-refractivity contribution is 0.375. The lowest BCUT2D eigenvalue weighted by Crippen LogP contribution is -2.37. The Morgan fingerprint density at radius 1 is 1.24 bits per heavy atom. The minimum absolute atomic E-state index is 0.00629. The number of aliphatic imine (C=N–C) groups is 1. The van der Waals surface area contributed by atoms with E-state index < -0.39 is 0 Å². The number of amidine groups is 1. The summed E-state index contributed by atoms with van der Waals surface area (Å²) in [6, 6.07) is 8.47. The molecule has 4 aromatic rings. The van der Waals surface area contributed by atoms with E-state index in [2.05, 4.69) is 86.3 Å². The minimum Gasteiger partial charge on any atom is -0.383 e. The molecule has 168 valence electrons. The van der Waals surface area contributed by atoms with Crippen molar-refractivity contribution in [2.24, 2.45) is 4.99 Å². The van der Waals surface area contributed by atoms with Gasteiger partial charge in [0.1, 0.15) is 40.2 Å². The fourth-order valence-electron chi connectivity index (χ4n) is 4.52. The van der Waals surface area contributed by atoms with Crippen molar-refractivity contribution in [1.82, 2.24) is 19.7 Å². The number of hydrogen-bond acceptors (Lipinski definition) is 8. The summed E-state index contributed by atoms with van der Waals surface area (Å²) in [6.45, 7) is 6.95. The smallest absolute Gasteiger partial charge is 0.167 e. The first kappa shape index (κ1) is 20.8. The number of nitrogens with zero attached hydrogens (tertiary/aromatic N) is 6. The van der Waals surface area contributed by atoms with E-state index in [1.165, 1.54) is 23.0 Å². The predicted molar refractivity (Wildman–Crippen MR) is 134 cm³/mol. The fraction of sp³-hybridized carbons (Fsp3) is 0.304. The minimum atomic E-state index is -0.108. The van der Waals surface area contributed by atoms with Gasteiger partial charge in [-0.15, -0.1) is 11.3 Å². The summed E-state index contributed by atoms with van der Waals surface area (Å²) < 4.78 is 8.71. The van der Waals surface area contributed by atoms with Gasteiger partial charge in [0.25, 0.3) is 0 Å². The third-order valence-corrected chi connectivity index (χ3v) is 7.71. The molecule has 3 aromatic heterocycles. The monoisotopic (exact) mass is 523 g/mol. The maximum atomic E-state index is 6.27. The van der Waals surface area contributed by atoms with E-state index in [1.54, 1.807) is 11.3 Å². The number of nitrogen functional groups attached to an aromatic ring is 1. The van der Waals surface area contributed by atoms with Crippen LogP contribution in [0.2, 0.25) is 0 Å². The molecular formula is C23H22BrN7OS. The van der Waals surface area contributed by atoms with Gasteiger partial charge in [-0.1, -0.05) is 32.0 Å².